The number of nitrogens with zero attached hydrogens (tertiary/aromatic N) is 3. The highest BCUT2D eigenvalue weighted by molar-refractivity contribution is 5.91. The summed E-state index contributed by atoms with van der Waals surface area (Å²) in [5, 5.41) is 2.83. The van der Waals surface area contributed by atoms with Gasteiger partial charge >= 0.3 is 0 Å². The lowest BCUT2D eigenvalue weighted by Crippen LogP contribution is -2.49. The zero-order chi connectivity index (χ0) is 17.1. The zero-order valence-electron chi connectivity index (χ0n) is 14.0. The Balaban J connectivity index is 1.34. The van der Waals surface area contributed by atoms with Gasteiger partial charge in [-0.05, 0) is 30.9 Å². The van der Waals surface area contributed by atoms with Gasteiger partial charge in [-0.3, -0.25) is 14.7 Å². The van der Waals surface area contributed by atoms with Crippen molar-refractivity contribution in [1.82, 2.24) is 14.9 Å². The lowest BCUT2D eigenvalue weighted by molar-refractivity contribution is -0.134. The van der Waals surface area contributed by atoms with Crippen molar-refractivity contribution in [3.05, 3.63) is 42.7 Å². The van der Waals surface area contributed by atoms with E-state index >= 15 is 0 Å². The molecule has 0 unspecified atom stereocenters. The average molecular weight is 342 g/mol. The Bertz CT molecular complexity index is 692. The van der Waals surface area contributed by atoms with E-state index in [0.717, 1.165) is 38.2 Å². The van der Waals surface area contributed by atoms with E-state index in [1.807, 2.05) is 12.1 Å². The molecular formula is C18H22N4O3. The molecule has 1 amide bonds. The van der Waals surface area contributed by atoms with Gasteiger partial charge < -0.3 is 14.5 Å². The van der Waals surface area contributed by atoms with Gasteiger partial charge in [-0.25, -0.2) is 4.98 Å². The second-order valence-electron chi connectivity index (χ2n) is 6.75. The highest BCUT2D eigenvalue weighted by Crippen LogP contribution is 2.32. The minimum atomic E-state index is -0.146. The summed E-state index contributed by atoms with van der Waals surface area (Å²) in [6.07, 6.45) is 8.51. The Hall–Kier alpha value is -2.25. The Kier molecular flexibility index (Phi) is 4.76. The van der Waals surface area contributed by atoms with Crippen molar-refractivity contribution >= 4 is 11.7 Å². The maximum atomic E-state index is 12.5. The predicted molar refractivity (Wildman–Crippen MR) is 90.6 cm³/mol. The maximum Gasteiger partial charge on any atom is 0.231 e. The van der Waals surface area contributed by atoms with Crippen LogP contribution in [0.15, 0.2) is 41.4 Å². The molecule has 1 N–H and O–H groups in total. The Labute approximate surface area is 146 Å². The van der Waals surface area contributed by atoms with Gasteiger partial charge in [0.25, 0.3) is 0 Å². The van der Waals surface area contributed by atoms with Crippen LogP contribution in [0.25, 0.3) is 0 Å². The number of amides is 1. The van der Waals surface area contributed by atoms with Gasteiger partial charge in [0, 0.05) is 25.5 Å². The van der Waals surface area contributed by atoms with Crippen LogP contribution in [0.5, 0.6) is 0 Å². The number of hydrogen-bond donors (Lipinski definition) is 1. The molecule has 0 saturated carbocycles. The number of carbonyl (C=O) groups excluding carboxylic acids is 1. The van der Waals surface area contributed by atoms with Gasteiger partial charge in [0.15, 0.2) is 5.82 Å². The number of carbonyl (C=O) groups is 1. The number of furan rings is 1. The lowest BCUT2D eigenvalue weighted by atomic mass is 9.83. The lowest BCUT2D eigenvalue weighted by Gasteiger charge is -2.42. The van der Waals surface area contributed by atoms with Crippen molar-refractivity contribution in [3.63, 3.8) is 0 Å². The van der Waals surface area contributed by atoms with E-state index < -0.39 is 0 Å². The number of nitrogens with one attached hydrogen (secondary N) is 1. The van der Waals surface area contributed by atoms with E-state index in [0.29, 0.717) is 18.3 Å². The van der Waals surface area contributed by atoms with E-state index in [1.165, 1.54) is 0 Å². The molecule has 2 saturated heterocycles. The maximum absolute atomic E-state index is 12.5. The molecule has 0 aromatic carbocycles. The van der Waals surface area contributed by atoms with E-state index in [4.69, 9.17) is 9.15 Å². The van der Waals surface area contributed by atoms with Crippen LogP contribution in [-0.2, 0) is 16.1 Å². The molecule has 2 fully saturated rings. The Morgan fingerprint density at radius 3 is 3.16 bits per heavy atom. The van der Waals surface area contributed by atoms with Crippen LogP contribution < -0.4 is 5.32 Å². The van der Waals surface area contributed by atoms with E-state index in [1.54, 1.807) is 24.9 Å². The van der Waals surface area contributed by atoms with Crippen LogP contribution in [0, 0.1) is 11.8 Å². The third-order valence-corrected chi connectivity index (χ3v) is 4.99. The molecule has 0 bridgehead atoms. The summed E-state index contributed by atoms with van der Waals surface area (Å²) in [4.78, 5) is 22.9. The highest BCUT2D eigenvalue weighted by atomic mass is 16.5. The molecule has 2 aliphatic heterocycles. The molecule has 25 heavy (non-hydrogen) atoms. The van der Waals surface area contributed by atoms with Gasteiger partial charge in [-0.15, -0.1) is 0 Å². The average Bonchev–Trinajstić information content (AvgIpc) is 3.15. The number of anilines is 1. The molecule has 2 aromatic rings. The van der Waals surface area contributed by atoms with E-state index in [-0.39, 0.29) is 17.9 Å². The molecular weight excluding hydrogens is 320 g/mol. The second kappa shape index (κ2) is 7.33. The molecule has 0 spiro atoms. The number of fused-ring (bicyclic) bond motifs is 1. The summed E-state index contributed by atoms with van der Waals surface area (Å²) in [5.74, 6) is 1.65. The van der Waals surface area contributed by atoms with Gasteiger partial charge in [0.05, 0.1) is 37.6 Å². The molecule has 132 valence electrons. The van der Waals surface area contributed by atoms with Crippen molar-refractivity contribution in [2.75, 3.05) is 25.0 Å². The number of likely N-dealkylation sites (tertiary alicyclic amines) is 1. The highest BCUT2D eigenvalue weighted by Gasteiger charge is 2.38. The summed E-state index contributed by atoms with van der Waals surface area (Å²) in [6.45, 7) is 3.22. The SMILES string of the molecule is O=C(Nc1cnccn1)[C@@H]1CO[C@@H]2CCN(Cc3ccco3)C[C@@H]2C1. The first-order chi connectivity index (χ1) is 12.3. The second-order valence-corrected chi connectivity index (χ2v) is 6.75. The minimum absolute atomic E-state index is 0.0397. The standard InChI is InChI=1S/C18H22N4O3/c23-18(21-17-9-19-4-5-20-17)14-8-13-10-22(6-3-16(13)25-12-14)11-15-2-1-7-24-15/h1-2,4-5,7,9,13-14,16H,3,6,8,10-12H2,(H,20,21,23)/t13-,14-,16+/m0/s1. The third kappa shape index (κ3) is 3.88. The number of aromatic nitrogens is 2. The third-order valence-electron chi connectivity index (χ3n) is 4.99. The van der Waals surface area contributed by atoms with Crippen LogP contribution in [0.2, 0.25) is 0 Å². The normalized spacial score (nSPS) is 26.8. The fourth-order valence-electron chi connectivity index (χ4n) is 3.75. The zero-order valence-corrected chi connectivity index (χ0v) is 14.0. The number of hydrogen-bond acceptors (Lipinski definition) is 6. The first-order valence-electron chi connectivity index (χ1n) is 8.71. The Morgan fingerprint density at radius 1 is 1.40 bits per heavy atom. The summed E-state index contributed by atoms with van der Waals surface area (Å²) in [5.41, 5.74) is 0. The molecule has 2 aromatic heterocycles. The van der Waals surface area contributed by atoms with Gasteiger partial charge in [0.2, 0.25) is 5.91 Å². The van der Waals surface area contributed by atoms with E-state index in [9.17, 15) is 4.79 Å². The number of piperidine rings is 1. The van der Waals surface area contributed by atoms with Crippen molar-refractivity contribution in [3.8, 4) is 0 Å². The molecule has 7 nitrogen and oxygen atoms in total. The largest absolute Gasteiger partial charge is 0.468 e. The Morgan fingerprint density at radius 2 is 2.36 bits per heavy atom. The van der Waals surface area contributed by atoms with Crippen molar-refractivity contribution in [1.29, 1.82) is 0 Å². The van der Waals surface area contributed by atoms with E-state index in [2.05, 4.69) is 20.2 Å². The van der Waals surface area contributed by atoms with Crippen LogP contribution in [-0.4, -0.2) is 46.6 Å². The molecule has 7 heteroatoms. The van der Waals surface area contributed by atoms with Crippen molar-refractivity contribution in [2.24, 2.45) is 11.8 Å². The smallest absolute Gasteiger partial charge is 0.231 e. The minimum Gasteiger partial charge on any atom is -0.468 e. The molecule has 2 aliphatic rings. The fourth-order valence-corrected chi connectivity index (χ4v) is 3.75. The van der Waals surface area contributed by atoms with Crippen molar-refractivity contribution in [2.45, 2.75) is 25.5 Å². The molecule has 3 atom stereocenters. The molecule has 0 aliphatic carbocycles. The van der Waals surface area contributed by atoms with Gasteiger partial charge in [-0.2, -0.15) is 0 Å². The van der Waals surface area contributed by atoms with Crippen LogP contribution >= 0.6 is 0 Å². The number of ether oxygens (including phenoxy) is 1. The summed E-state index contributed by atoms with van der Waals surface area (Å²) >= 11 is 0. The van der Waals surface area contributed by atoms with Gasteiger partial charge in [-0.1, -0.05) is 0 Å². The summed E-state index contributed by atoms with van der Waals surface area (Å²) in [6, 6.07) is 3.92. The molecule has 4 heterocycles. The predicted octanol–water partition coefficient (Wildman–Crippen LogP) is 1.94. The summed E-state index contributed by atoms with van der Waals surface area (Å²) < 4.78 is 11.4. The monoisotopic (exact) mass is 342 g/mol. The van der Waals surface area contributed by atoms with Crippen molar-refractivity contribution < 1.29 is 13.9 Å². The van der Waals surface area contributed by atoms with Crippen LogP contribution in [0.3, 0.4) is 0 Å². The first-order valence-corrected chi connectivity index (χ1v) is 8.71. The quantitative estimate of drug-likeness (QED) is 0.914. The molecule has 4 rings (SSSR count). The summed E-state index contributed by atoms with van der Waals surface area (Å²) in [7, 11) is 0. The van der Waals surface area contributed by atoms with Crippen LogP contribution in [0.4, 0.5) is 5.82 Å². The van der Waals surface area contributed by atoms with Crippen LogP contribution in [0.1, 0.15) is 18.6 Å². The fraction of sp³-hybridized carbons (Fsp3) is 0.500. The molecule has 0 radical (unpaired) electrons. The number of rotatable bonds is 4. The topological polar surface area (TPSA) is 80.5 Å². The van der Waals surface area contributed by atoms with Gasteiger partial charge in [0.1, 0.15) is 5.76 Å². The first kappa shape index (κ1) is 16.2.